The van der Waals surface area contributed by atoms with Gasteiger partial charge in [0.1, 0.15) is 6.10 Å². The number of hydrogen-bond acceptors (Lipinski definition) is 5. The Morgan fingerprint density at radius 2 is 2.25 bits per heavy atom. The number of amides is 1. The molecule has 0 spiro atoms. The summed E-state index contributed by atoms with van der Waals surface area (Å²) >= 11 is 0. The van der Waals surface area contributed by atoms with Crippen molar-refractivity contribution >= 4 is 5.91 Å². The van der Waals surface area contributed by atoms with E-state index in [1.807, 2.05) is 6.20 Å². The average molecular weight is 284 g/mol. The highest BCUT2D eigenvalue weighted by molar-refractivity contribution is 5.81. The SMILES string of the molecule is CCCn1cc(CCNC(=O)[C@H](O)C(C)(C)CO)nn1. The van der Waals surface area contributed by atoms with E-state index in [1.165, 1.54) is 0 Å². The maximum Gasteiger partial charge on any atom is 0.249 e. The molecule has 0 bridgehead atoms. The molecule has 20 heavy (non-hydrogen) atoms. The van der Waals surface area contributed by atoms with Crippen LogP contribution in [0, 0.1) is 5.41 Å². The third kappa shape index (κ3) is 4.57. The third-order valence-electron chi connectivity index (χ3n) is 3.12. The van der Waals surface area contributed by atoms with Crippen LogP contribution in [-0.4, -0.2) is 50.4 Å². The Morgan fingerprint density at radius 3 is 2.85 bits per heavy atom. The number of carbonyl (C=O) groups excluding carboxylic acids is 1. The van der Waals surface area contributed by atoms with Gasteiger partial charge in [-0.3, -0.25) is 9.48 Å². The van der Waals surface area contributed by atoms with Crippen LogP contribution in [0.15, 0.2) is 6.20 Å². The number of aromatic nitrogens is 3. The molecule has 0 aromatic carbocycles. The fraction of sp³-hybridized carbons (Fsp3) is 0.769. The first-order chi connectivity index (χ1) is 9.40. The first kappa shape index (κ1) is 16.6. The minimum atomic E-state index is -1.23. The number of aryl methyl sites for hydroxylation is 1. The van der Waals surface area contributed by atoms with Gasteiger partial charge in [0.2, 0.25) is 5.91 Å². The van der Waals surface area contributed by atoms with Crippen LogP contribution in [0.1, 0.15) is 32.9 Å². The molecule has 1 aromatic rings. The Labute approximate surface area is 119 Å². The quantitative estimate of drug-likeness (QED) is 0.610. The maximum atomic E-state index is 11.7. The van der Waals surface area contributed by atoms with E-state index in [1.54, 1.807) is 18.5 Å². The molecule has 0 fully saturated rings. The largest absolute Gasteiger partial charge is 0.396 e. The molecule has 0 saturated carbocycles. The predicted molar refractivity (Wildman–Crippen MR) is 73.9 cm³/mol. The molecule has 3 N–H and O–H groups in total. The van der Waals surface area contributed by atoms with Gasteiger partial charge in [0.05, 0.1) is 12.3 Å². The van der Waals surface area contributed by atoms with Gasteiger partial charge in [-0.2, -0.15) is 0 Å². The summed E-state index contributed by atoms with van der Waals surface area (Å²) in [5.74, 6) is -0.481. The first-order valence-electron chi connectivity index (χ1n) is 6.86. The molecule has 0 aliphatic carbocycles. The number of carbonyl (C=O) groups is 1. The molecular formula is C13H24N4O3. The fourth-order valence-corrected chi connectivity index (χ4v) is 1.64. The normalized spacial score (nSPS) is 13.2. The van der Waals surface area contributed by atoms with E-state index in [0.717, 1.165) is 18.7 Å². The van der Waals surface area contributed by atoms with Crippen molar-refractivity contribution in [2.24, 2.45) is 5.41 Å². The summed E-state index contributed by atoms with van der Waals surface area (Å²) < 4.78 is 1.76. The van der Waals surface area contributed by atoms with E-state index >= 15 is 0 Å². The summed E-state index contributed by atoms with van der Waals surface area (Å²) in [5.41, 5.74) is -0.0522. The molecule has 0 saturated heterocycles. The molecular weight excluding hydrogens is 260 g/mol. The van der Waals surface area contributed by atoms with Gasteiger partial charge in [0.15, 0.2) is 0 Å². The standard InChI is InChI=1S/C13H24N4O3/c1-4-7-17-8-10(15-16-17)5-6-14-12(20)11(19)13(2,3)9-18/h8,11,18-19H,4-7,9H2,1-3H3,(H,14,20)/t11-/m0/s1. The molecule has 0 unspecified atom stereocenters. The zero-order valence-corrected chi connectivity index (χ0v) is 12.3. The Bertz CT molecular complexity index is 431. The van der Waals surface area contributed by atoms with Crippen LogP contribution in [0.4, 0.5) is 0 Å². The van der Waals surface area contributed by atoms with E-state index in [9.17, 15) is 9.90 Å². The number of aliphatic hydroxyl groups excluding tert-OH is 2. The average Bonchev–Trinajstić information content (AvgIpc) is 2.85. The highest BCUT2D eigenvalue weighted by Gasteiger charge is 2.32. The van der Waals surface area contributed by atoms with Gasteiger partial charge in [0, 0.05) is 31.1 Å². The van der Waals surface area contributed by atoms with E-state index in [4.69, 9.17) is 5.11 Å². The van der Waals surface area contributed by atoms with E-state index in [2.05, 4.69) is 22.6 Å². The van der Waals surface area contributed by atoms with Crippen molar-refractivity contribution in [3.8, 4) is 0 Å². The molecule has 7 heteroatoms. The summed E-state index contributed by atoms with van der Waals surface area (Å²) in [6.07, 6.45) is 2.16. The number of hydrogen-bond donors (Lipinski definition) is 3. The second-order valence-corrected chi connectivity index (χ2v) is 5.56. The molecule has 0 aliphatic heterocycles. The lowest BCUT2D eigenvalue weighted by Crippen LogP contribution is -2.46. The summed E-state index contributed by atoms with van der Waals surface area (Å²) in [7, 11) is 0. The van der Waals surface area contributed by atoms with Gasteiger partial charge >= 0.3 is 0 Å². The molecule has 0 aliphatic rings. The smallest absolute Gasteiger partial charge is 0.249 e. The Hall–Kier alpha value is -1.47. The van der Waals surface area contributed by atoms with Crippen LogP contribution in [0.25, 0.3) is 0 Å². The first-order valence-corrected chi connectivity index (χ1v) is 6.86. The fourth-order valence-electron chi connectivity index (χ4n) is 1.64. The minimum Gasteiger partial charge on any atom is -0.396 e. The highest BCUT2D eigenvalue weighted by Crippen LogP contribution is 2.19. The van der Waals surface area contributed by atoms with Gasteiger partial charge in [-0.25, -0.2) is 0 Å². The van der Waals surface area contributed by atoms with Crippen molar-refractivity contribution in [1.29, 1.82) is 0 Å². The topological polar surface area (TPSA) is 100 Å². The van der Waals surface area contributed by atoms with Crippen molar-refractivity contribution in [2.45, 2.75) is 46.3 Å². The van der Waals surface area contributed by atoms with Gasteiger partial charge in [0.25, 0.3) is 0 Å². The van der Waals surface area contributed by atoms with Crippen molar-refractivity contribution in [3.63, 3.8) is 0 Å². The second kappa shape index (κ2) is 7.35. The van der Waals surface area contributed by atoms with E-state index in [0.29, 0.717) is 13.0 Å². The van der Waals surface area contributed by atoms with Crippen LogP contribution < -0.4 is 5.32 Å². The lowest BCUT2D eigenvalue weighted by Gasteiger charge is -2.27. The molecule has 1 atom stereocenters. The molecule has 7 nitrogen and oxygen atoms in total. The van der Waals surface area contributed by atoms with E-state index in [-0.39, 0.29) is 6.61 Å². The minimum absolute atomic E-state index is 0.257. The Kier molecular flexibility index (Phi) is 6.09. The van der Waals surface area contributed by atoms with E-state index < -0.39 is 17.4 Å². The summed E-state index contributed by atoms with van der Waals surface area (Å²) in [4.78, 5) is 11.7. The zero-order valence-electron chi connectivity index (χ0n) is 12.3. The van der Waals surface area contributed by atoms with Crippen molar-refractivity contribution in [1.82, 2.24) is 20.3 Å². The number of nitrogens with zero attached hydrogens (tertiary/aromatic N) is 3. The molecule has 1 aromatic heterocycles. The Balaban J connectivity index is 2.38. The molecule has 1 heterocycles. The maximum absolute atomic E-state index is 11.7. The van der Waals surface area contributed by atoms with Crippen LogP contribution in [0.5, 0.6) is 0 Å². The Morgan fingerprint density at radius 1 is 1.55 bits per heavy atom. The molecule has 1 amide bonds. The summed E-state index contributed by atoms with van der Waals surface area (Å²) in [6, 6.07) is 0. The van der Waals surface area contributed by atoms with Crippen molar-refractivity contribution in [2.75, 3.05) is 13.2 Å². The molecule has 1 rings (SSSR count). The third-order valence-corrected chi connectivity index (χ3v) is 3.12. The number of aliphatic hydroxyl groups is 2. The molecule has 0 radical (unpaired) electrons. The van der Waals surface area contributed by atoms with Gasteiger partial charge < -0.3 is 15.5 Å². The van der Waals surface area contributed by atoms with Gasteiger partial charge in [-0.15, -0.1) is 5.10 Å². The van der Waals surface area contributed by atoms with Crippen molar-refractivity contribution < 1.29 is 15.0 Å². The summed E-state index contributed by atoms with van der Waals surface area (Å²) in [6.45, 7) is 6.27. The highest BCUT2D eigenvalue weighted by atomic mass is 16.3. The van der Waals surface area contributed by atoms with Gasteiger partial charge in [-0.1, -0.05) is 26.0 Å². The van der Waals surface area contributed by atoms with Crippen LogP contribution in [0.2, 0.25) is 0 Å². The second-order valence-electron chi connectivity index (χ2n) is 5.56. The number of nitrogens with one attached hydrogen (secondary N) is 1. The lowest BCUT2D eigenvalue weighted by molar-refractivity contribution is -0.137. The predicted octanol–water partition coefficient (Wildman–Crippen LogP) is -0.274. The summed E-state index contributed by atoms with van der Waals surface area (Å²) in [5, 5.41) is 29.5. The van der Waals surface area contributed by atoms with Crippen LogP contribution in [-0.2, 0) is 17.8 Å². The monoisotopic (exact) mass is 284 g/mol. The lowest BCUT2D eigenvalue weighted by atomic mass is 9.87. The zero-order chi connectivity index (χ0) is 15.2. The van der Waals surface area contributed by atoms with Crippen molar-refractivity contribution in [3.05, 3.63) is 11.9 Å². The molecule has 114 valence electrons. The van der Waals surface area contributed by atoms with Crippen LogP contribution >= 0.6 is 0 Å². The van der Waals surface area contributed by atoms with Crippen LogP contribution in [0.3, 0.4) is 0 Å². The number of rotatable bonds is 8. The van der Waals surface area contributed by atoms with Gasteiger partial charge in [-0.05, 0) is 6.42 Å².